The van der Waals surface area contributed by atoms with Crippen LogP contribution in [0.3, 0.4) is 0 Å². The largest absolute Gasteiger partial charge is 0.396 e. The van der Waals surface area contributed by atoms with Crippen molar-refractivity contribution in [1.82, 2.24) is 0 Å². The molecule has 1 saturated carbocycles. The third kappa shape index (κ3) is 1.41. The van der Waals surface area contributed by atoms with Crippen LogP contribution in [0.15, 0.2) is 28.7 Å². The second-order valence-corrected chi connectivity index (χ2v) is 4.93. The van der Waals surface area contributed by atoms with Crippen molar-refractivity contribution < 1.29 is 5.11 Å². The fraction of sp³-hybridized carbons (Fsp3) is 0.500. The molecule has 1 aliphatic carbocycles. The lowest BCUT2D eigenvalue weighted by molar-refractivity contribution is 0.262. The lowest BCUT2D eigenvalue weighted by Gasteiger charge is -2.16. The van der Waals surface area contributed by atoms with Gasteiger partial charge in [0.05, 0.1) is 0 Å². The maximum atomic E-state index is 9.21. The summed E-state index contributed by atoms with van der Waals surface area (Å²) in [5.74, 6) is 0.464. The Kier molecular flexibility index (Phi) is 2.67. The van der Waals surface area contributed by atoms with E-state index in [0.717, 1.165) is 12.8 Å². The van der Waals surface area contributed by atoms with Crippen LogP contribution in [0.2, 0.25) is 0 Å². The summed E-state index contributed by atoms with van der Waals surface area (Å²) in [5, 5.41) is 9.21. The van der Waals surface area contributed by atoms with E-state index in [4.69, 9.17) is 0 Å². The van der Waals surface area contributed by atoms with Crippen molar-refractivity contribution in [1.29, 1.82) is 0 Å². The molecule has 1 aliphatic rings. The number of aliphatic hydroxyl groups excluding tert-OH is 1. The Hall–Kier alpha value is -0.340. The molecule has 14 heavy (non-hydrogen) atoms. The van der Waals surface area contributed by atoms with Crippen molar-refractivity contribution in [2.75, 3.05) is 6.61 Å². The van der Waals surface area contributed by atoms with Crippen molar-refractivity contribution in [3.05, 3.63) is 34.3 Å². The lowest BCUT2D eigenvalue weighted by atomic mass is 9.91. The molecule has 2 atom stereocenters. The van der Waals surface area contributed by atoms with Crippen molar-refractivity contribution in [2.45, 2.75) is 25.2 Å². The van der Waals surface area contributed by atoms with Crippen LogP contribution in [0.5, 0.6) is 0 Å². The Morgan fingerprint density at radius 1 is 1.50 bits per heavy atom. The molecule has 0 spiro atoms. The third-order valence-corrected chi connectivity index (χ3v) is 4.19. The van der Waals surface area contributed by atoms with Gasteiger partial charge in [-0.2, -0.15) is 0 Å². The molecular weight excluding hydrogens is 240 g/mol. The van der Waals surface area contributed by atoms with Gasteiger partial charge in [0.2, 0.25) is 0 Å². The molecule has 76 valence electrons. The Bertz CT molecular complexity index is 337. The Balaban J connectivity index is 2.35. The topological polar surface area (TPSA) is 20.2 Å². The van der Waals surface area contributed by atoms with Gasteiger partial charge in [0, 0.05) is 16.5 Å². The van der Waals surface area contributed by atoms with Gasteiger partial charge < -0.3 is 5.11 Å². The highest BCUT2D eigenvalue weighted by molar-refractivity contribution is 9.10. The number of aliphatic hydroxyl groups is 1. The number of hydrogen-bond acceptors (Lipinski definition) is 1. The molecule has 0 saturated heterocycles. The highest BCUT2D eigenvalue weighted by atomic mass is 79.9. The summed E-state index contributed by atoms with van der Waals surface area (Å²) in [6.45, 7) is 2.52. The first kappa shape index (κ1) is 10.2. The quantitative estimate of drug-likeness (QED) is 0.879. The zero-order chi connectivity index (χ0) is 10.2. The van der Waals surface area contributed by atoms with E-state index in [-0.39, 0.29) is 5.41 Å². The molecule has 1 N–H and O–H groups in total. The second-order valence-electron chi connectivity index (χ2n) is 4.07. The van der Waals surface area contributed by atoms with Crippen LogP contribution in [-0.4, -0.2) is 11.7 Å². The normalized spacial score (nSPS) is 30.4. The van der Waals surface area contributed by atoms with Crippen molar-refractivity contribution in [2.24, 2.45) is 5.92 Å². The van der Waals surface area contributed by atoms with Crippen LogP contribution in [0, 0.1) is 5.92 Å². The van der Waals surface area contributed by atoms with Crippen molar-refractivity contribution in [3.63, 3.8) is 0 Å². The highest BCUT2D eigenvalue weighted by Gasteiger charge is 2.53. The van der Waals surface area contributed by atoms with Gasteiger partial charge in [-0.3, -0.25) is 0 Å². The Morgan fingerprint density at radius 2 is 2.21 bits per heavy atom. The van der Waals surface area contributed by atoms with E-state index in [1.807, 2.05) is 6.07 Å². The Labute approximate surface area is 93.3 Å². The van der Waals surface area contributed by atoms with Crippen LogP contribution in [0.4, 0.5) is 0 Å². The summed E-state index contributed by atoms with van der Waals surface area (Å²) in [5.41, 5.74) is 1.61. The molecule has 1 fully saturated rings. The van der Waals surface area contributed by atoms with Crippen LogP contribution in [-0.2, 0) is 5.41 Å². The molecule has 0 radical (unpaired) electrons. The van der Waals surface area contributed by atoms with Gasteiger partial charge in [-0.25, -0.2) is 0 Å². The van der Waals surface area contributed by atoms with Gasteiger partial charge in [0.25, 0.3) is 0 Å². The standard InChI is InChI=1S/C12H15BrO/c1-2-12(7-9(12)8-14)10-5-3-4-6-11(10)13/h3-6,9,14H,2,7-8H2,1H3. The molecule has 0 aliphatic heterocycles. The van der Waals surface area contributed by atoms with Crippen LogP contribution in [0.25, 0.3) is 0 Å². The molecule has 1 nitrogen and oxygen atoms in total. The average Bonchev–Trinajstić information content (AvgIpc) is 2.93. The Morgan fingerprint density at radius 3 is 2.71 bits per heavy atom. The molecule has 2 heteroatoms. The maximum absolute atomic E-state index is 9.21. The zero-order valence-electron chi connectivity index (χ0n) is 8.33. The fourth-order valence-corrected chi connectivity index (χ4v) is 3.12. The van der Waals surface area contributed by atoms with Gasteiger partial charge in [-0.15, -0.1) is 0 Å². The van der Waals surface area contributed by atoms with E-state index in [2.05, 4.69) is 41.1 Å². The molecule has 0 heterocycles. The third-order valence-electron chi connectivity index (χ3n) is 3.49. The first-order valence-corrected chi connectivity index (χ1v) is 5.89. The lowest BCUT2D eigenvalue weighted by Crippen LogP contribution is -2.11. The predicted molar refractivity (Wildman–Crippen MR) is 61.3 cm³/mol. The molecule has 1 aromatic rings. The molecule has 1 aromatic carbocycles. The monoisotopic (exact) mass is 254 g/mol. The van der Waals surface area contributed by atoms with Crippen molar-refractivity contribution in [3.8, 4) is 0 Å². The first-order valence-electron chi connectivity index (χ1n) is 5.10. The summed E-state index contributed by atoms with van der Waals surface area (Å²) < 4.78 is 1.18. The minimum absolute atomic E-state index is 0.245. The number of hydrogen-bond donors (Lipinski definition) is 1. The highest BCUT2D eigenvalue weighted by Crippen LogP contribution is 2.57. The van der Waals surface area contributed by atoms with E-state index in [0.29, 0.717) is 12.5 Å². The van der Waals surface area contributed by atoms with E-state index in [9.17, 15) is 5.11 Å². The number of benzene rings is 1. The number of halogens is 1. The molecular formula is C12H15BrO. The van der Waals surface area contributed by atoms with Gasteiger partial charge >= 0.3 is 0 Å². The zero-order valence-corrected chi connectivity index (χ0v) is 9.92. The SMILES string of the molecule is CCC1(c2ccccc2Br)CC1CO. The fourth-order valence-electron chi connectivity index (χ4n) is 2.44. The van der Waals surface area contributed by atoms with E-state index in [1.165, 1.54) is 10.0 Å². The molecule has 0 amide bonds. The van der Waals surface area contributed by atoms with Gasteiger partial charge in [-0.05, 0) is 30.4 Å². The molecule has 0 bridgehead atoms. The maximum Gasteiger partial charge on any atom is 0.0468 e. The summed E-state index contributed by atoms with van der Waals surface area (Å²) in [6.07, 6.45) is 2.24. The van der Waals surface area contributed by atoms with E-state index >= 15 is 0 Å². The summed E-state index contributed by atoms with van der Waals surface area (Å²) in [7, 11) is 0. The average molecular weight is 255 g/mol. The number of rotatable bonds is 3. The van der Waals surface area contributed by atoms with Gasteiger partial charge in [-0.1, -0.05) is 41.1 Å². The van der Waals surface area contributed by atoms with Crippen LogP contribution >= 0.6 is 15.9 Å². The molecule has 2 rings (SSSR count). The second kappa shape index (κ2) is 3.67. The predicted octanol–water partition coefficient (Wildman–Crippen LogP) is 3.11. The summed E-state index contributed by atoms with van der Waals surface area (Å²) in [4.78, 5) is 0. The van der Waals surface area contributed by atoms with Gasteiger partial charge in [0.1, 0.15) is 0 Å². The van der Waals surface area contributed by atoms with Crippen molar-refractivity contribution >= 4 is 15.9 Å². The first-order chi connectivity index (χ1) is 6.74. The van der Waals surface area contributed by atoms with Crippen LogP contribution < -0.4 is 0 Å². The summed E-state index contributed by atoms with van der Waals surface area (Å²) >= 11 is 3.59. The minimum atomic E-state index is 0.245. The smallest absolute Gasteiger partial charge is 0.0468 e. The van der Waals surface area contributed by atoms with Gasteiger partial charge in [0.15, 0.2) is 0 Å². The molecule has 2 unspecified atom stereocenters. The van der Waals surface area contributed by atoms with E-state index in [1.54, 1.807) is 0 Å². The van der Waals surface area contributed by atoms with Crippen LogP contribution in [0.1, 0.15) is 25.3 Å². The molecule has 0 aromatic heterocycles. The van der Waals surface area contributed by atoms with E-state index < -0.39 is 0 Å². The minimum Gasteiger partial charge on any atom is -0.396 e. The summed E-state index contributed by atoms with van der Waals surface area (Å²) in [6, 6.07) is 8.36.